The van der Waals surface area contributed by atoms with Gasteiger partial charge in [-0.15, -0.1) is 5.10 Å². The molecular formula is C10H20N4O2. The van der Waals surface area contributed by atoms with Gasteiger partial charge in [0.05, 0.1) is 12.3 Å². The maximum absolute atomic E-state index is 8.99. The first kappa shape index (κ1) is 13.1. The molecule has 0 fully saturated rings. The van der Waals surface area contributed by atoms with Crippen LogP contribution in [0.25, 0.3) is 0 Å². The van der Waals surface area contributed by atoms with Crippen molar-refractivity contribution in [3.05, 3.63) is 11.9 Å². The zero-order chi connectivity index (χ0) is 11.8. The lowest BCUT2D eigenvalue weighted by molar-refractivity contribution is 0.238. The Morgan fingerprint density at radius 3 is 2.94 bits per heavy atom. The van der Waals surface area contributed by atoms with Crippen molar-refractivity contribution in [2.75, 3.05) is 13.2 Å². The molecule has 16 heavy (non-hydrogen) atoms. The molecule has 0 aliphatic carbocycles. The lowest BCUT2D eigenvalue weighted by Crippen LogP contribution is -2.31. The SMILES string of the molecule is CC[C@H](CO)NCc1cn(CCCO)nn1. The van der Waals surface area contributed by atoms with Crippen molar-refractivity contribution in [3.8, 4) is 0 Å². The Morgan fingerprint density at radius 2 is 2.31 bits per heavy atom. The largest absolute Gasteiger partial charge is 0.396 e. The summed E-state index contributed by atoms with van der Waals surface area (Å²) in [6, 6.07) is 0.114. The Bertz CT molecular complexity index is 286. The highest BCUT2D eigenvalue weighted by atomic mass is 16.3. The van der Waals surface area contributed by atoms with E-state index >= 15 is 0 Å². The lowest BCUT2D eigenvalue weighted by atomic mass is 10.2. The summed E-state index contributed by atoms with van der Waals surface area (Å²) in [5.74, 6) is 0. The molecule has 0 saturated carbocycles. The van der Waals surface area contributed by atoms with E-state index in [2.05, 4.69) is 15.6 Å². The maximum Gasteiger partial charge on any atom is 0.0964 e. The van der Waals surface area contributed by atoms with Gasteiger partial charge in [-0.2, -0.15) is 0 Å². The van der Waals surface area contributed by atoms with Crippen LogP contribution in [0.2, 0.25) is 0 Å². The Labute approximate surface area is 95.3 Å². The average molecular weight is 228 g/mol. The molecule has 3 N–H and O–H groups in total. The maximum atomic E-state index is 8.99. The molecule has 92 valence electrons. The van der Waals surface area contributed by atoms with E-state index in [4.69, 9.17) is 10.2 Å². The van der Waals surface area contributed by atoms with E-state index in [1.54, 1.807) is 4.68 Å². The molecule has 0 aliphatic rings. The molecule has 0 spiro atoms. The Hall–Kier alpha value is -0.980. The first-order chi connectivity index (χ1) is 7.80. The summed E-state index contributed by atoms with van der Waals surface area (Å²) in [7, 11) is 0. The fraction of sp³-hybridized carbons (Fsp3) is 0.800. The van der Waals surface area contributed by atoms with Gasteiger partial charge in [0.25, 0.3) is 0 Å². The van der Waals surface area contributed by atoms with Crippen LogP contribution in [0.15, 0.2) is 6.20 Å². The fourth-order valence-electron chi connectivity index (χ4n) is 1.35. The Kier molecular flexibility index (Phi) is 5.99. The van der Waals surface area contributed by atoms with Crippen LogP contribution in [0.5, 0.6) is 0 Å². The molecule has 1 aromatic rings. The second kappa shape index (κ2) is 7.32. The smallest absolute Gasteiger partial charge is 0.0964 e. The average Bonchev–Trinajstić information content (AvgIpc) is 2.76. The number of aryl methyl sites for hydroxylation is 1. The highest BCUT2D eigenvalue weighted by molar-refractivity contribution is 4.92. The van der Waals surface area contributed by atoms with Gasteiger partial charge in [-0.1, -0.05) is 12.1 Å². The molecule has 6 heteroatoms. The van der Waals surface area contributed by atoms with E-state index in [0.29, 0.717) is 19.5 Å². The van der Waals surface area contributed by atoms with Crippen LogP contribution in [-0.2, 0) is 13.1 Å². The van der Waals surface area contributed by atoms with E-state index in [1.165, 1.54) is 0 Å². The van der Waals surface area contributed by atoms with Gasteiger partial charge in [0.15, 0.2) is 0 Å². The number of aliphatic hydroxyl groups excluding tert-OH is 2. The van der Waals surface area contributed by atoms with Gasteiger partial charge >= 0.3 is 0 Å². The first-order valence-corrected chi connectivity index (χ1v) is 5.64. The van der Waals surface area contributed by atoms with Gasteiger partial charge in [-0.05, 0) is 12.8 Å². The molecule has 0 unspecified atom stereocenters. The van der Waals surface area contributed by atoms with Gasteiger partial charge in [0.2, 0.25) is 0 Å². The van der Waals surface area contributed by atoms with Crippen LogP contribution in [0.1, 0.15) is 25.5 Å². The minimum atomic E-state index is 0.114. The third-order valence-electron chi connectivity index (χ3n) is 2.42. The second-order valence-corrected chi connectivity index (χ2v) is 3.72. The zero-order valence-corrected chi connectivity index (χ0v) is 9.63. The third kappa shape index (κ3) is 4.26. The van der Waals surface area contributed by atoms with Crippen LogP contribution in [0, 0.1) is 0 Å². The molecule has 0 amide bonds. The van der Waals surface area contributed by atoms with Gasteiger partial charge in [0, 0.05) is 31.9 Å². The lowest BCUT2D eigenvalue weighted by Gasteiger charge is -2.11. The number of aliphatic hydroxyl groups is 2. The number of hydrogen-bond acceptors (Lipinski definition) is 5. The van der Waals surface area contributed by atoms with Crippen molar-refractivity contribution >= 4 is 0 Å². The highest BCUT2D eigenvalue weighted by Crippen LogP contribution is 1.96. The number of hydrogen-bond donors (Lipinski definition) is 3. The number of rotatable bonds is 8. The van der Waals surface area contributed by atoms with E-state index < -0.39 is 0 Å². The summed E-state index contributed by atoms with van der Waals surface area (Å²) in [6.45, 7) is 3.61. The van der Waals surface area contributed by atoms with E-state index in [-0.39, 0.29) is 19.3 Å². The number of aromatic nitrogens is 3. The molecule has 1 heterocycles. The van der Waals surface area contributed by atoms with Crippen molar-refractivity contribution in [2.24, 2.45) is 0 Å². The van der Waals surface area contributed by atoms with Crippen LogP contribution >= 0.6 is 0 Å². The summed E-state index contributed by atoms with van der Waals surface area (Å²) in [6.07, 6.45) is 3.42. The van der Waals surface area contributed by atoms with Crippen LogP contribution < -0.4 is 5.32 Å². The van der Waals surface area contributed by atoms with Gasteiger partial charge in [0.1, 0.15) is 0 Å². The molecule has 0 aliphatic heterocycles. The molecule has 6 nitrogen and oxygen atoms in total. The van der Waals surface area contributed by atoms with Gasteiger partial charge in [-0.25, -0.2) is 0 Å². The fourth-order valence-corrected chi connectivity index (χ4v) is 1.35. The van der Waals surface area contributed by atoms with Gasteiger partial charge in [-0.3, -0.25) is 4.68 Å². The predicted molar refractivity (Wildman–Crippen MR) is 59.7 cm³/mol. The standard InChI is InChI=1S/C10H20N4O2/c1-2-9(8-16)11-6-10-7-14(13-12-10)4-3-5-15/h7,9,11,15-16H,2-6,8H2,1H3/t9-/m1/s1. The van der Waals surface area contributed by atoms with Crippen LogP contribution in [0.3, 0.4) is 0 Å². The summed E-state index contributed by atoms with van der Waals surface area (Å²) in [4.78, 5) is 0. The summed E-state index contributed by atoms with van der Waals surface area (Å²) < 4.78 is 1.72. The third-order valence-corrected chi connectivity index (χ3v) is 2.42. The zero-order valence-electron chi connectivity index (χ0n) is 9.63. The van der Waals surface area contributed by atoms with Crippen LogP contribution in [-0.4, -0.2) is 44.5 Å². The minimum Gasteiger partial charge on any atom is -0.396 e. The first-order valence-electron chi connectivity index (χ1n) is 5.64. The minimum absolute atomic E-state index is 0.114. The molecular weight excluding hydrogens is 208 g/mol. The number of nitrogens with zero attached hydrogens (tertiary/aromatic N) is 3. The van der Waals surface area contributed by atoms with Crippen molar-refractivity contribution in [2.45, 2.75) is 38.9 Å². The van der Waals surface area contributed by atoms with Crippen molar-refractivity contribution in [1.29, 1.82) is 0 Å². The predicted octanol–water partition coefficient (Wildman–Crippen LogP) is -0.479. The number of nitrogens with one attached hydrogen (secondary N) is 1. The molecule has 0 bridgehead atoms. The summed E-state index contributed by atoms with van der Waals surface area (Å²) in [5, 5.41) is 28.8. The molecule has 0 saturated heterocycles. The summed E-state index contributed by atoms with van der Waals surface area (Å²) in [5.41, 5.74) is 0.852. The Morgan fingerprint density at radius 1 is 1.50 bits per heavy atom. The van der Waals surface area contributed by atoms with E-state index in [0.717, 1.165) is 12.1 Å². The van der Waals surface area contributed by atoms with Crippen molar-refractivity contribution < 1.29 is 10.2 Å². The molecule has 1 rings (SSSR count). The quantitative estimate of drug-likeness (QED) is 0.560. The molecule has 0 aromatic carbocycles. The second-order valence-electron chi connectivity index (χ2n) is 3.72. The van der Waals surface area contributed by atoms with Crippen molar-refractivity contribution in [3.63, 3.8) is 0 Å². The normalized spacial score (nSPS) is 12.9. The van der Waals surface area contributed by atoms with Gasteiger partial charge < -0.3 is 15.5 Å². The van der Waals surface area contributed by atoms with Crippen LogP contribution in [0.4, 0.5) is 0 Å². The van der Waals surface area contributed by atoms with E-state index in [9.17, 15) is 0 Å². The Balaban J connectivity index is 2.33. The summed E-state index contributed by atoms with van der Waals surface area (Å²) >= 11 is 0. The topological polar surface area (TPSA) is 83.2 Å². The molecule has 1 aromatic heterocycles. The molecule has 1 atom stereocenters. The van der Waals surface area contributed by atoms with Crippen molar-refractivity contribution in [1.82, 2.24) is 20.3 Å². The monoisotopic (exact) mass is 228 g/mol. The molecule has 0 radical (unpaired) electrons. The van der Waals surface area contributed by atoms with E-state index in [1.807, 2.05) is 13.1 Å². The highest BCUT2D eigenvalue weighted by Gasteiger charge is 2.05.